The highest BCUT2D eigenvalue weighted by molar-refractivity contribution is 6.22. The molecule has 152 valence electrons. The summed E-state index contributed by atoms with van der Waals surface area (Å²) in [6.07, 6.45) is 0. The van der Waals surface area contributed by atoms with E-state index in [9.17, 15) is 0 Å². The molecule has 0 aromatic carbocycles. The standard InChI is InChI=1S/C22H41BN4/c1-19(2,3)15-13-17(21(7,8)9)26(24-15)23-27-18(22(10,11)12)14-16(25-27)20(4,5)6/h13-14,24H,23H2,1-12H3. The van der Waals surface area contributed by atoms with Crippen molar-refractivity contribution in [2.75, 3.05) is 0 Å². The van der Waals surface area contributed by atoms with Crippen molar-refractivity contribution in [1.82, 2.24) is 14.8 Å². The lowest BCUT2D eigenvalue weighted by Crippen LogP contribution is -2.53. The van der Waals surface area contributed by atoms with Gasteiger partial charge < -0.3 is 9.19 Å². The van der Waals surface area contributed by atoms with Gasteiger partial charge in [0.25, 0.3) is 0 Å². The van der Waals surface area contributed by atoms with Crippen LogP contribution in [0, 0.1) is 0 Å². The fourth-order valence-corrected chi connectivity index (χ4v) is 3.65. The molecule has 2 heterocycles. The van der Waals surface area contributed by atoms with Crippen LogP contribution in [0.15, 0.2) is 12.1 Å². The molecular weight excluding hydrogens is 331 g/mol. The summed E-state index contributed by atoms with van der Waals surface area (Å²) >= 11 is 0. The van der Waals surface area contributed by atoms with Gasteiger partial charge in [-0.15, -0.1) is 0 Å². The Morgan fingerprint density at radius 3 is 1.74 bits per heavy atom. The van der Waals surface area contributed by atoms with Gasteiger partial charge in [0.2, 0.25) is 0 Å². The molecule has 0 saturated heterocycles. The Bertz CT molecular complexity index is 731. The van der Waals surface area contributed by atoms with Gasteiger partial charge in [-0.05, 0) is 6.07 Å². The molecule has 2 rings (SSSR count). The molecule has 27 heavy (non-hydrogen) atoms. The van der Waals surface area contributed by atoms with Crippen molar-refractivity contribution in [2.24, 2.45) is 0 Å². The summed E-state index contributed by atoms with van der Waals surface area (Å²) in [7, 11) is -0.703. The maximum atomic E-state index is 5.07. The zero-order valence-electron chi connectivity index (χ0n) is 20.0. The van der Waals surface area contributed by atoms with E-state index < -0.39 is 7.55 Å². The third-order valence-electron chi connectivity index (χ3n) is 5.31. The molecule has 2 aromatic heterocycles. The third-order valence-corrected chi connectivity index (χ3v) is 5.31. The van der Waals surface area contributed by atoms with Crippen molar-refractivity contribution in [3.63, 3.8) is 0 Å². The normalized spacial score (nSPS) is 14.1. The van der Waals surface area contributed by atoms with Crippen LogP contribution in [0.5, 0.6) is 0 Å². The summed E-state index contributed by atoms with van der Waals surface area (Å²) in [5.74, 6) is 0. The molecule has 1 N–H and O–H groups in total. The smallest absolute Gasteiger partial charge is 0.379 e. The molecule has 0 fully saturated rings. The van der Waals surface area contributed by atoms with Gasteiger partial charge >= 0.3 is 7.55 Å². The van der Waals surface area contributed by atoms with Gasteiger partial charge in [0.15, 0.2) is 5.69 Å². The summed E-state index contributed by atoms with van der Waals surface area (Å²) in [6.45, 7) is 27.2. The zero-order valence-corrected chi connectivity index (χ0v) is 20.0. The molecular formula is C22H41BN4. The van der Waals surface area contributed by atoms with Gasteiger partial charge in [0, 0.05) is 33.4 Å². The quantitative estimate of drug-likeness (QED) is 0.793. The number of nitrogens with one attached hydrogen (secondary N) is 1. The molecule has 0 aliphatic rings. The Morgan fingerprint density at radius 1 is 0.778 bits per heavy atom. The Hall–Kier alpha value is -1.52. The molecule has 0 bridgehead atoms. The van der Waals surface area contributed by atoms with Crippen LogP contribution >= 0.6 is 0 Å². The van der Waals surface area contributed by atoms with E-state index in [0.29, 0.717) is 0 Å². The van der Waals surface area contributed by atoms with Crippen LogP contribution < -0.4 is 4.59 Å². The van der Waals surface area contributed by atoms with Gasteiger partial charge in [-0.25, -0.2) is 10.2 Å². The fraction of sp³-hybridized carbons (Fsp3) is 0.727. The second-order valence-corrected chi connectivity index (χ2v) is 12.4. The monoisotopic (exact) mass is 372 g/mol. The number of nitrogens with zero attached hydrogens (tertiary/aromatic N) is 3. The van der Waals surface area contributed by atoms with Crippen LogP contribution in [0.2, 0.25) is 0 Å². The first-order valence-corrected chi connectivity index (χ1v) is 10.4. The molecule has 4 nitrogen and oxygen atoms in total. The van der Waals surface area contributed by atoms with Crippen LogP contribution in [0.25, 0.3) is 0 Å². The van der Waals surface area contributed by atoms with E-state index in [1.165, 1.54) is 22.8 Å². The van der Waals surface area contributed by atoms with Gasteiger partial charge in [-0.1, -0.05) is 83.1 Å². The highest BCUT2D eigenvalue weighted by Gasteiger charge is 2.31. The summed E-state index contributed by atoms with van der Waals surface area (Å²) in [5, 5.41) is 8.78. The second-order valence-electron chi connectivity index (χ2n) is 12.4. The van der Waals surface area contributed by atoms with E-state index in [-0.39, 0.29) is 21.7 Å². The third kappa shape index (κ3) is 4.86. The van der Waals surface area contributed by atoms with E-state index >= 15 is 0 Å². The molecule has 0 spiro atoms. The summed E-state index contributed by atoms with van der Waals surface area (Å²) in [6, 6.07) is 4.67. The molecule has 0 unspecified atom stereocenters. The van der Waals surface area contributed by atoms with E-state index in [2.05, 4.69) is 110 Å². The van der Waals surface area contributed by atoms with E-state index in [1.807, 2.05) is 0 Å². The summed E-state index contributed by atoms with van der Waals surface area (Å²) in [5.41, 5.74) is 5.47. The van der Waals surface area contributed by atoms with Crippen molar-refractivity contribution < 1.29 is 4.59 Å². The van der Waals surface area contributed by atoms with Gasteiger partial charge in [0.1, 0.15) is 0 Å². The molecule has 0 aliphatic heterocycles. The van der Waals surface area contributed by atoms with Crippen molar-refractivity contribution in [3.05, 3.63) is 34.9 Å². The minimum absolute atomic E-state index is 0.0568. The average molecular weight is 372 g/mol. The predicted octanol–water partition coefficient (Wildman–Crippen LogP) is 4.08. The van der Waals surface area contributed by atoms with Gasteiger partial charge in [0.05, 0.1) is 11.4 Å². The maximum Gasteiger partial charge on any atom is 0.392 e. The predicted molar refractivity (Wildman–Crippen MR) is 117 cm³/mol. The molecule has 2 aromatic rings. The van der Waals surface area contributed by atoms with Gasteiger partial charge in [-0.3, -0.25) is 0 Å². The number of aromatic nitrogens is 4. The average Bonchev–Trinajstić information content (AvgIpc) is 3.00. The molecule has 0 aliphatic carbocycles. The highest BCUT2D eigenvalue weighted by atomic mass is 15.3. The van der Waals surface area contributed by atoms with Crippen molar-refractivity contribution in [1.29, 1.82) is 0 Å². The number of H-pyrrole nitrogens is 1. The molecule has 5 heteroatoms. The summed E-state index contributed by atoms with van der Waals surface area (Å²) in [4.78, 5) is 0. The van der Waals surface area contributed by atoms with Crippen LogP contribution in [-0.2, 0) is 21.7 Å². The van der Waals surface area contributed by atoms with Crippen LogP contribution in [0.1, 0.15) is 106 Å². The number of aromatic amines is 1. The Balaban J connectivity index is 2.60. The van der Waals surface area contributed by atoms with E-state index in [0.717, 1.165) is 0 Å². The maximum absolute atomic E-state index is 5.07. The first-order chi connectivity index (χ1) is 11.9. The topological polar surface area (TPSA) is 37.5 Å². The van der Waals surface area contributed by atoms with Crippen molar-refractivity contribution in [2.45, 2.75) is 105 Å². The minimum atomic E-state index is -0.703. The number of hydrogen-bond donors (Lipinski definition) is 1. The lowest BCUT2D eigenvalue weighted by molar-refractivity contribution is -0.608. The van der Waals surface area contributed by atoms with Crippen molar-refractivity contribution >= 4 is 7.55 Å². The van der Waals surface area contributed by atoms with Crippen LogP contribution in [0.3, 0.4) is 0 Å². The fourth-order valence-electron chi connectivity index (χ4n) is 3.65. The molecule has 0 atom stereocenters. The Morgan fingerprint density at radius 2 is 1.33 bits per heavy atom. The SMILES string of the molecule is CC(C)(C)c1cc(C(C)(C)C)n([BH2-][n+]2[nH]c(C(C)(C)C)cc2C(C)(C)C)n1. The highest BCUT2D eigenvalue weighted by Crippen LogP contribution is 2.29. The van der Waals surface area contributed by atoms with E-state index in [1.54, 1.807) is 0 Å². The van der Waals surface area contributed by atoms with Crippen LogP contribution in [-0.4, -0.2) is 22.3 Å². The molecule has 0 radical (unpaired) electrons. The first-order valence-electron chi connectivity index (χ1n) is 10.4. The lowest BCUT2D eigenvalue weighted by Gasteiger charge is -2.23. The van der Waals surface area contributed by atoms with E-state index in [4.69, 9.17) is 5.10 Å². The number of rotatable bonds is 2. The van der Waals surface area contributed by atoms with Crippen LogP contribution in [0.4, 0.5) is 0 Å². The Labute approximate surface area is 167 Å². The molecule has 0 saturated carbocycles. The van der Waals surface area contributed by atoms with Crippen molar-refractivity contribution in [3.8, 4) is 0 Å². The molecule has 0 amide bonds. The minimum Gasteiger partial charge on any atom is -0.379 e. The van der Waals surface area contributed by atoms with Gasteiger partial charge in [-0.2, -0.15) is 0 Å². The number of hydrogen-bond acceptors (Lipinski definition) is 1. The first kappa shape index (κ1) is 21.8. The summed E-state index contributed by atoms with van der Waals surface area (Å²) < 4.78 is 4.70. The second kappa shape index (κ2) is 6.53. The largest absolute Gasteiger partial charge is 0.392 e. The zero-order chi connectivity index (χ0) is 21.0. The Kier molecular flexibility index (Phi) is 5.27. The lowest BCUT2D eigenvalue weighted by atomic mass is 9.86.